The Morgan fingerprint density at radius 3 is 1.90 bits per heavy atom. The van der Waals surface area contributed by atoms with E-state index in [9.17, 15) is 0 Å². The Morgan fingerprint density at radius 2 is 1.07 bits per heavy atom. The number of fused-ring (bicyclic) bond motifs is 10. The van der Waals surface area contributed by atoms with Crippen LogP contribution in [0, 0.1) is 0 Å². The molecule has 0 N–H and O–H groups in total. The molecule has 0 saturated carbocycles. The third kappa shape index (κ3) is 5.36. The number of rotatable bonds is 5. The van der Waals surface area contributed by atoms with Crippen molar-refractivity contribution in [3.05, 3.63) is 194 Å². The van der Waals surface area contributed by atoms with Gasteiger partial charge >= 0.3 is 0 Å². The lowest BCUT2D eigenvalue weighted by molar-refractivity contribution is 0.669. The first-order chi connectivity index (χ1) is 30.2. The van der Waals surface area contributed by atoms with E-state index in [1.807, 2.05) is 53.8 Å². The van der Waals surface area contributed by atoms with Gasteiger partial charge in [-0.1, -0.05) is 133 Å². The number of aromatic nitrogens is 4. The Hall–Kier alpha value is -7.93. The fraction of sp³-hybridized carbons (Fsp3) is 0. The van der Waals surface area contributed by atoms with Gasteiger partial charge in [0.15, 0.2) is 17.5 Å². The number of hydrogen-bond acceptors (Lipinski definition) is 5. The molecule has 13 rings (SSSR count). The standard InChI is InChI=1S/C55H32N4OS/c1-2-13-34(14-3-1)53-56-54(37-25-24-33-12-4-5-15-35(33)30-37)58-55(57-53)42-19-10-22-48-51(42)43-31-36(26-28-47(43)60-48)39-18-11-23-50-52(39)44-32-38(27-29-49(44)61-50)59-45-20-8-6-16-40(45)41-17-7-9-21-46(41)59/h1-32H. The number of furan rings is 1. The Bertz CT molecular complexity index is 3840. The maximum atomic E-state index is 6.58. The maximum Gasteiger partial charge on any atom is 0.164 e. The Labute approximate surface area is 353 Å². The van der Waals surface area contributed by atoms with Crippen molar-refractivity contribution in [1.82, 2.24) is 19.5 Å². The molecular formula is C55H32N4OS. The summed E-state index contributed by atoms with van der Waals surface area (Å²) in [5.74, 6) is 1.84. The molecular weight excluding hydrogens is 765 g/mol. The van der Waals surface area contributed by atoms with Gasteiger partial charge in [0.05, 0.1) is 11.0 Å². The van der Waals surface area contributed by atoms with Crippen molar-refractivity contribution < 1.29 is 4.42 Å². The molecule has 4 aromatic heterocycles. The van der Waals surface area contributed by atoms with Gasteiger partial charge in [0, 0.05) is 64.1 Å². The highest BCUT2D eigenvalue weighted by Crippen LogP contribution is 2.44. The van der Waals surface area contributed by atoms with Gasteiger partial charge in [-0.15, -0.1) is 11.3 Å². The van der Waals surface area contributed by atoms with Gasteiger partial charge in [0.25, 0.3) is 0 Å². The summed E-state index contributed by atoms with van der Waals surface area (Å²) >= 11 is 1.84. The Balaban J connectivity index is 1.00. The van der Waals surface area contributed by atoms with E-state index in [1.54, 1.807) is 0 Å². The van der Waals surface area contributed by atoms with Crippen LogP contribution in [-0.4, -0.2) is 19.5 Å². The lowest BCUT2D eigenvalue weighted by Gasteiger charge is -2.10. The normalized spacial score (nSPS) is 11.9. The smallest absolute Gasteiger partial charge is 0.164 e. The molecule has 61 heavy (non-hydrogen) atoms. The van der Waals surface area contributed by atoms with Crippen molar-refractivity contribution in [2.75, 3.05) is 0 Å². The van der Waals surface area contributed by atoms with Gasteiger partial charge in [0.1, 0.15) is 11.2 Å². The van der Waals surface area contributed by atoms with Crippen LogP contribution in [0.15, 0.2) is 199 Å². The van der Waals surface area contributed by atoms with Crippen molar-refractivity contribution in [2.24, 2.45) is 0 Å². The van der Waals surface area contributed by atoms with Crippen LogP contribution in [-0.2, 0) is 0 Å². The summed E-state index contributed by atoms with van der Waals surface area (Å²) in [7, 11) is 0. The summed E-state index contributed by atoms with van der Waals surface area (Å²) < 4.78 is 11.5. The summed E-state index contributed by atoms with van der Waals surface area (Å²) in [5.41, 5.74) is 10.2. The minimum atomic E-state index is 0.597. The molecule has 6 heteroatoms. The minimum Gasteiger partial charge on any atom is -0.456 e. The molecule has 284 valence electrons. The quantitative estimate of drug-likeness (QED) is 0.174. The average Bonchev–Trinajstić information content (AvgIpc) is 4.00. The maximum absolute atomic E-state index is 6.58. The van der Waals surface area contributed by atoms with Gasteiger partial charge in [-0.2, -0.15) is 0 Å². The van der Waals surface area contributed by atoms with Crippen LogP contribution in [0.4, 0.5) is 0 Å². The fourth-order valence-electron chi connectivity index (χ4n) is 9.25. The second-order valence-electron chi connectivity index (χ2n) is 15.6. The van der Waals surface area contributed by atoms with Gasteiger partial charge < -0.3 is 8.98 Å². The van der Waals surface area contributed by atoms with Crippen molar-refractivity contribution in [2.45, 2.75) is 0 Å². The van der Waals surface area contributed by atoms with Crippen LogP contribution < -0.4 is 0 Å². The van der Waals surface area contributed by atoms with Gasteiger partial charge in [0.2, 0.25) is 0 Å². The molecule has 0 bridgehead atoms. The second-order valence-corrected chi connectivity index (χ2v) is 16.6. The third-order valence-corrected chi connectivity index (χ3v) is 13.2. The molecule has 5 nitrogen and oxygen atoms in total. The van der Waals surface area contributed by atoms with E-state index in [-0.39, 0.29) is 0 Å². The van der Waals surface area contributed by atoms with E-state index in [2.05, 4.69) is 156 Å². The number of hydrogen-bond donors (Lipinski definition) is 0. The van der Waals surface area contributed by atoms with E-state index < -0.39 is 0 Å². The first kappa shape index (κ1) is 34.0. The number of para-hydroxylation sites is 2. The highest BCUT2D eigenvalue weighted by molar-refractivity contribution is 7.26. The summed E-state index contributed by atoms with van der Waals surface area (Å²) in [5, 5.41) is 9.30. The van der Waals surface area contributed by atoms with Crippen LogP contribution in [0.1, 0.15) is 0 Å². The molecule has 0 fully saturated rings. The first-order valence-electron chi connectivity index (χ1n) is 20.4. The van der Waals surface area contributed by atoms with E-state index in [1.165, 1.54) is 52.9 Å². The molecule has 0 radical (unpaired) electrons. The third-order valence-electron chi connectivity index (χ3n) is 12.0. The molecule has 4 heterocycles. The monoisotopic (exact) mass is 796 g/mol. The molecule has 0 atom stereocenters. The molecule has 0 aliphatic rings. The van der Waals surface area contributed by atoms with Crippen molar-refractivity contribution in [3.63, 3.8) is 0 Å². The zero-order chi connectivity index (χ0) is 40.0. The van der Waals surface area contributed by atoms with E-state index in [4.69, 9.17) is 19.4 Å². The average molecular weight is 797 g/mol. The predicted molar refractivity (Wildman–Crippen MR) is 254 cm³/mol. The zero-order valence-electron chi connectivity index (χ0n) is 32.6. The van der Waals surface area contributed by atoms with E-state index in [0.29, 0.717) is 17.5 Å². The van der Waals surface area contributed by atoms with E-state index in [0.717, 1.165) is 55.3 Å². The van der Waals surface area contributed by atoms with Gasteiger partial charge in [-0.25, -0.2) is 15.0 Å². The lowest BCUT2D eigenvalue weighted by Crippen LogP contribution is -2.00. The highest BCUT2D eigenvalue weighted by atomic mass is 32.1. The topological polar surface area (TPSA) is 56.7 Å². The Morgan fingerprint density at radius 1 is 0.377 bits per heavy atom. The van der Waals surface area contributed by atoms with Crippen molar-refractivity contribution >= 4 is 86.0 Å². The second kappa shape index (κ2) is 13.3. The van der Waals surface area contributed by atoms with Crippen LogP contribution >= 0.6 is 11.3 Å². The lowest BCUT2D eigenvalue weighted by atomic mass is 9.97. The van der Waals surface area contributed by atoms with E-state index >= 15 is 0 Å². The van der Waals surface area contributed by atoms with Gasteiger partial charge in [-0.05, 0) is 82.6 Å². The Kier molecular flexibility index (Phi) is 7.41. The van der Waals surface area contributed by atoms with Crippen LogP contribution in [0.3, 0.4) is 0 Å². The predicted octanol–water partition coefficient (Wildman–Crippen LogP) is 15.1. The number of nitrogens with zero attached hydrogens (tertiary/aromatic N) is 4. The molecule has 13 aromatic rings. The SMILES string of the molecule is c1ccc(-c2nc(-c3ccc4ccccc4c3)nc(-c3cccc4oc5ccc(-c6cccc7sc8ccc(-n9c%10ccccc%10c%10ccccc%109)cc8c67)cc5c34)n2)cc1. The molecule has 0 amide bonds. The van der Waals surface area contributed by atoms with Crippen LogP contribution in [0.25, 0.3) is 126 Å². The van der Waals surface area contributed by atoms with Gasteiger partial charge in [-0.3, -0.25) is 0 Å². The van der Waals surface area contributed by atoms with Crippen LogP contribution in [0.5, 0.6) is 0 Å². The summed E-state index contributed by atoms with van der Waals surface area (Å²) in [4.78, 5) is 15.4. The molecule has 0 spiro atoms. The van der Waals surface area contributed by atoms with Crippen LogP contribution in [0.2, 0.25) is 0 Å². The first-order valence-corrected chi connectivity index (χ1v) is 21.2. The molecule has 0 aliphatic heterocycles. The zero-order valence-corrected chi connectivity index (χ0v) is 33.4. The molecule has 0 unspecified atom stereocenters. The number of thiophene rings is 1. The molecule has 9 aromatic carbocycles. The highest BCUT2D eigenvalue weighted by Gasteiger charge is 2.20. The summed E-state index contributed by atoms with van der Waals surface area (Å²) in [6.45, 7) is 0. The fourth-order valence-corrected chi connectivity index (χ4v) is 10.4. The van der Waals surface area contributed by atoms with Crippen molar-refractivity contribution in [1.29, 1.82) is 0 Å². The largest absolute Gasteiger partial charge is 0.456 e. The van der Waals surface area contributed by atoms with Crippen molar-refractivity contribution in [3.8, 4) is 51.0 Å². The minimum absolute atomic E-state index is 0.597. The molecule has 0 saturated heterocycles. The summed E-state index contributed by atoms with van der Waals surface area (Å²) in [6.07, 6.45) is 0. The molecule has 0 aliphatic carbocycles. The number of benzene rings is 9. The summed E-state index contributed by atoms with van der Waals surface area (Å²) in [6, 6.07) is 68.6.